The SMILES string of the molecule is CC1CC(C)CN(C(=S)SCC(=O)Nc2ccc(-c3ccc(S(=O)(=O)c4ccc(-c5ccc(NC(=O)CSC(=S)N6CC(C)CC(C)C6)cc5)cc4)cc3)cc2)C1. The highest BCUT2D eigenvalue weighted by atomic mass is 32.2. The van der Waals surface area contributed by atoms with E-state index >= 15 is 0 Å². The third kappa shape index (κ3) is 11.7. The van der Waals surface area contributed by atoms with E-state index in [0.29, 0.717) is 35.0 Å². The van der Waals surface area contributed by atoms with Gasteiger partial charge in [0.1, 0.15) is 8.64 Å². The highest BCUT2D eigenvalue weighted by molar-refractivity contribution is 8.23. The topological polar surface area (TPSA) is 98.8 Å². The number of nitrogens with one attached hydrogen (secondary N) is 2. The number of rotatable bonds is 10. The fourth-order valence-corrected chi connectivity index (χ4v) is 11.0. The summed E-state index contributed by atoms with van der Waals surface area (Å²) in [6, 6.07) is 28.6. The number of anilines is 2. The van der Waals surface area contributed by atoms with Crippen molar-refractivity contribution in [1.82, 2.24) is 9.80 Å². The van der Waals surface area contributed by atoms with Gasteiger partial charge in [-0.1, -0.05) is 124 Å². The highest BCUT2D eigenvalue weighted by Gasteiger charge is 2.25. The van der Waals surface area contributed by atoms with Crippen LogP contribution >= 0.6 is 48.0 Å². The number of nitrogens with zero attached hydrogens (tertiary/aromatic N) is 2. The van der Waals surface area contributed by atoms with Crippen molar-refractivity contribution in [1.29, 1.82) is 0 Å². The zero-order chi connectivity index (χ0) is 40.7. The average molecular weight is 859 g/mol. The Bertz CT molecular complexity index is 1990. The Kier molecular flexibility index (Phi) is 14.5. The van der Waals surface area contributed by atoms with E-state index in [2.05, 4.69) is 48.1 Å². The zero-order valence-electron chi connectivity index (χ0n) is 32.8. The number of amides is 2. The predicted octanol–water partition coefficient (Wildman–Crippen LogP) is 9.72. The Hall–Kier alpha value is -3.75. The zero-order valence-corrected chi connectivity index (χ0v) is 36.9. The van der Waals surface area contributed by atoms with E-state index in [4.69, 9.17) is 24.4 Å². The maximum absolute atomic E-state index is 13.5. The first kappa shape index (κ1) is 42.8. The second-order valence-electron chi connectivity index (χ2n) is 15.6. The highest BCUT2D eigenvalue weighted by Crippen LogP contribution is 2.30. The number of piperidine rings is 2. The molecule has 8 nitrogen and oxygen atoms in total. The van der Waals surface area contributed by atoms with Crippen LogP contribution in [0.15, 0.2) is 107 Å². The smallest absolute Gasteiger partial charge is 0.234 e. The van der Waals surface area contributed by atoms with E-state index in [1.54, 1.807) is 48.5 Å². The number of benzene rings is 4. The van der Waals surface area contributed by atoms with Gasteiger partial charge in [0.25, 0.3) is 0 Å². The van der Waals surface area contributed by atoms with Gasteiger partial charge in [-0.15, -0.1) is 0 Å². The molecule has 4 atom stereocenters. The van der Waals surface area contributed by atoms with Gasteiger partial charge in [-0.2, -0.15) is 0 Å². The minimum atomic E-state index is -3.75. The summed E-state index contributed by atoms with van der Waals surface area (Å²) in [5, 5.41) is 5.89. The molecule has 2 saturated heterocycles. The van der Waals surface area contributed by atoms with Crippen LogP contribution in [0, 0.1) is 23.7 Å². The lowest BCUT2D eigenvalue weighted by Gasteiger charge is -2.36. The number of thiocarbonyl (C=S) groups is 2. The summed E-state index contributed by atoms with van der Waals surface area (Å²) in [5.41, 5.74) is 4.88. The van der Waals surface area contributed by atoms with E-state index in [-0.39, 0.29) is 33.1 Å². The molecule has 2 fully saturated rings. The van der Waals surface area contributed by atoms with Gasteiger partial charge in [0, 0.05) is 37.6 Å². The Balaban J connectivity index is 0.979. The number of likely N-dealkylation sites (tertiary alicyclic amines) is 2. The van der Waals surface area contributed by atoms with Crippen molar-refractivity contribution in [2.75, 3.05) is 48.3 Å². The molecule has 300 valence electrons. The quantitative estimate of drug-likeness (QED) is 0.150. The number of carbonyl (C=O) groups is 2. The molecule has 57 heavy (non-hydrogen) atoms. The Morgan fingerprint density at radius 1 is 0.544 bits per heavy atom. The van der Waals surface area contributed by atoms with Crippen molar-refractivity contribution in [3.05, 3.63) is 97.1 Å². The average Bonchev–Trinajstić information content (AvgIpc) is 3.19. The van der Waals surface area contributed by atoms with Crippen LogP contribution < -0.4 is 10.6 Å². The van der Waals surface area contributed by atoms with Crippen molar-refractivity contribution in [2.45, 2.75) is 50.3 Å². The summed E-state index contributed by atoms with van der Waals surface area (Å²) >= 11 is 14.0. The predicted molar refractivity (Wildman–Crippen MR) is 246 cm³/mol. The first-order chi connectivity index (χ1) is 27.2. The van der Waals surface area contributed by atoms with Crippen LogP contribution in [0.1, 0.15) is 40.5 Å². The maximum atomic E-state index is 13.5. The molecule has 4 unspecified atom stereocenters. The van der Waals surface area contributed by atoms with Gasteiger partial charge >= 0.3 is 0 Å². The third-order valence-electron chi connectivity index (χ3n) is 10.2. The number of carbonyl (C=O) groups excluding carboxylic acids is 2. The number of thioether (sulfide) groups is 2. The minimum Gasteiger partial charge on any atom is -0.357 e. The molecule has 0 aliphatic carbocycles. The van der Waals surface area contributed by atoms with Gasteiger partial charge in [0.05, 0.1) is 21.3 Å². The lowest BCUT2D eigenvalue weighted by molar-refractivity contribution is -0.114. The molecular formula is C44H50N4O4S5. The molecule has 4 aromatic carbocycles. The summed E-state index contributed by atoms with van der Waals surface area (Å²) in [6.45, 7) is 12.7. The van der Waals surface area contributed by atoms with Crippen molar-refractivity contribution in [3.8, 4) is 22.3 Å². The van der Waals surface area contributed by atoms with Gasteiger partial charge in [-0.25, -0.2) is 8.42 Å². The third-order valence-corrected chi connectivity index (χ3v) is 15.1. The van der Waals surface area contributed by atoms with Crippen LogP contribution in [0.2, 0.25) is 0 Å². The fraction of sp³-hybridized carbons (Fsp3) is 0.364. The van der Waals surface area contributed by atoms with E-state index in [0.717, 1.165) is 57.1 Å². The van der Waals surface area contributed by atoms with Gasteiger partial charge in [0.2, 0.25) is 21.7 Å². The molecule has 2 N–H and O–H groups in total. The van der Waals surface area contributed by atoms with Gasteiger partial charge in [-0.3, -0.25) is 9.59 Å². The van der Waals surface area contributed by atoms with Gasteiger partial charge in [0.15, 0.2) is 0 Å². The number of hydrogen-bond donors (Lipinski definition) is 2. The molecule has 0 saturated carbocycles. The first-order valence-electron chi connectivity index (χ1n) is 19.3. The lowest BCUT2D eigenvalue weighted by atomic mass is 9.92. The molecule has 6 rings (SSSR count). The number of hydrogen-bond acceptors (Lipinski definition) is 8. The molecule has 0 bridgehead atoms. The molecule has 13 heteroatoms. The first-order valence-corrected chi connectivity index (χ1v) is 23.6. The molecule has 0 radical (unpaired) electrons. The molecule has 4 aromatic rings. The van der Waals surface area contributed by atoms with Crippen LogP contribution in [0.25, 0.3) is 22.3 Å². The second kappa shape index (κ2) is 19.3. The summed E-state index contributed by atoms with van der Waals surface area (Å²) in [7, 11) is -3.75. The monoisotopic (exact) mass is 858 g/mol. The van der Waals surface area contributed by atoms with E-state index < -0.39 is 9.84 Å². The van der Waals surface area contributed by atoms with Crippen LogP contribution in [-0.4, -0.2) is 76.4 Å². The minimum absolute atomic E-state index is 0.113. The van der Waals surface area contributed by atoms with Crippen LogP contribution in [0.4, 0.5) is 11.4 Å². The van der Waals surface area contributed by atoms with Crippen molar-refractivity contribution in [2.24, 2.45) is 23.7 Å². The molecule has 0 aromatic heterocycles. The van der Waals surface area contributed by atoms with E-state index in [1.807, 2.05) is 48.5 Å². The molecule has 2 aliphatic rings. The molecule has 0 spiro atoms. The largest absolute Gasteiger partial charge is 0.357 e. The summed E-state index contributed by atoms with van der Waals surface area (Å²) in [6.07, 6.45) is 2.41. The molecule has 2 heterocycles. The van der Waals surface area contributed by atoms with Crippen LogP contribution in [0.5, 0.6) is 0 Å². The van der Waals surface area contributed by atoms with Crippen molar-refractivity contribution >= 4 is 89.6 Å². The van der Waals surface area contributed by atoms with E-state index in [9.17, 15) is 18.0 Å². The van der Waals surface area contributed by atoms with Crippen molar-refractivity contribution < 1.29 is 18.0 Å². The molecular weight excluding hydrogens is 809 g/mol. The van der Waals surface area contributed by atoms with Crippen LogP contribution in [-0.2, 0) is 19.4 Å². The van der Waals surface area contributed by atoms with Gasteiger partial charge < -0.3 is 20.4 Å². The second-order valence-corrected chi connectivity index (χ2v) is 20.8. The lowest BCUT2D eigenvalue weighted by Crippen LogP contribution is -2.41. The Morgan fingerprint density at radius 3 is 1.12 bits per heavy atom. The molecule has 2 aliphatic heterocycles. The number of sulfone groups is 1. The standard InChI is InChI=1S/C44H50N4O4S5/c1-29-21-30(2)24-47(23-29)43(53)55-27-41(49)45-37-13-5-33(6-14-37)35-9-17-39(18-10-35)57(51,52)40-19-11-36(12-20-40)34-7-15-38(16-8-34)46-42(50)28-56-44(54)48-25-31(3)22-32(4)26-48/h5-20,29-32H,21-28H2,1-4H3,(H,45,49)(H,46,50). The van der Waals surface area contributed by atoms with E-state index in [1.165, 1.54) is 36.4 Å². The summed E-state index contributed by atoms with van der Waals surface area (Å²) < 4.78 is 28.6. The summed E-state index contributed by atoms with van der Waals surface area (Å²) in [5.74, 6) is 2.65. The normalized spacial score (nSPS) is 19.8. The molecule has 2 amide bonds. The van der Waals surface area contributed by atoms with Crippen LogP contribution in [0.3, 0.4) is 0 Å². The maximum Gasteiger partial charge on any atom is 0.234 e. The van der Waals surface area contributed by atoms with Gasteiger partial charge in [-0.05, 0) is 107 Å². The van der Waals surface area contributed by atoms with Crippen molar-refractivity contribution in [3.63, 3.8) is 0 Å². The Morgan fingerprint density at radius 2 is 0.825 bits per heavy atom. The summed E-state index contributed by atoms with van der Waals surface area (Å²) in [4.78, 5) is 30.2. The Labute approximate surface area is 356 Å². The fourth-order valence-electron chi connectivity index (χ4n) is 7.74.